The topological polar surface area (TPSA) is 110 Å². The summed E-state index contributed by atoms with van der Waals surface area (Å²) in [5.74, 6) is 0.611. The van der Waals surface area contributed by atoms with Gasteiger partial charge in [0.25, 0.3) is 0 Å². The maximum Gasteiger partial charge on any atom is 0.234 e. The number of likely N-dealkylation sites (N-methyl/N-ethyl adjacent to an activating group) is 1. The van der Waals surface area contributed by atoms with Crippen molar-refractivity contribution in [2.24, 2.45) is 0 Å². The molecule has 1 aliphatic rings. The van der Waals surface area contributed by atoms with E-state index in [0.717, 1.165) is 5.69 Å². The zero-order valence-corrected chi connectivity index (χ0v) is 15.4. The van der Waals surface area contributed by atoms with Gasteiger partial charge in [0.15, 0.2) is 15.7 Å². The number of nitrogens with zero attached hydrogens (tertiary/aromatic N) is 5. The zero-order valence-electron chi connectivity index (χ0n) is 14.6. The minimum absolute atomic E-state index is 0.0249. The van der Waals surface area contributed by atoms with Gasteiger partial charge in [-0.1, -0.05) is 25.1 Å². The summed E-state index contributed by atoms with van der Waals surface area (Å²) in [5, 5.41) is 14.6. The van der Waals surface area contributed by atoms with Crippen LogP contribution in [0.4, 0.5) is 0 Å². The molecule has 2 aromatic rings. The number of nitrogens with one attached hydrogen (secondary N) is 1. The molecule has 1 saturated heterocycles. The second-order valence-corrected chi connectivity index (χ2v) is 8.54. The van der Waals surface area contributed by atoms with Crippen LogP contribution < -0.4 is 5.32 Å². The summed E-state index contributed by atoms with van der Waals surface area (Å²) < 4.78 is 24.6. The summed E-state index contributed by atoms with van der Waals surface area (Å²) in [4.78, 5) is 14.2. The van der Waals surface area contributed by atoms with E-state index in [-0.39, 0.29) is 30.0 Å². The smallest absolute Gasteiger partial charge is 0.234 e. The molecule has 0 aliphatic carbocycles. The molecule has 0 spiro atoms. The van der Waals surface area contributed by atoms with Crippen molar-refractivity contribution in [2.75, 3.05) is 24.6 Å². The molecule has 26 heavy (non-hydrogen) atoms. The normalized spacial score (nSPS) is 18.9. The second kappa shape index (κ2) is 7.92. The van der Waals surface area contributed by atoms with E-state index in [1.807, 2.05) is 42.2 Å². The SMILES string of the molecule is CCN(CC(=O)N[C@H]1CCS(=O)(=O)C1)Cc1nnnn1-c1ccccc1. The molecule has 9 nitrogen and oxygen atoms in total. The summed E-state index contributed by atoms with van der Waals surface area (Å²) in [6.45, 7) is 3.16. The number of hydrogen-bond donors (Lipinski definition) is 1. The summed E-state index contributed by atoms with van der Waals surface area (Å²) >= 11 is 0. The lowest BCUT2D eigenvalue weighted by Gasteiger charge is -2.20. The van der Waals surface area contributed by atoms with E-state index in [1.54, 1.807) is 4.68 Å². The van der Waals surface area contributed by atoms with Crippen LogP contribution in [-0.4, -0.2) is 70.1 Å². The number of carbonyl (C=O) groups is 1. The number of hydrogen-bond acceptors (Lipinski definition) is 7. The van der Waals surface area contributed by atoms with Crippen LogP contribution in [0.1, 0.15) is 19.2 Å². The minimum atomic E-state index is -3.01. The predicted molar refractivity (Wildman–Crippen MR) is 95.3 cm³/mol. The number of amides is 1. The number of rotatable bonds is 7. The molecule has 0 unspecified atom stereocenters. The number of para-hydroxylation sites is 1. The van der Waals surface area contributed by atoms with Crippen molar-refractivity contribution in [3.63, 3.8) is 0 Å². The highest BCUT2D eigenvalue weighted by molar-refractivity contribution is 7.91. The van der Waals surface area contributed by atoms with Crippen molar-refractivity contribution in [2.45, 2.75) is 25.9 Å². The van der Waals surface area contributed by atoms with Crippen LogP contribution in [0.25, 0.3) is 5.69 Å². The first kappa shape index (κ1) is 18.5. The van der Waals surface area contributed by atoms with Gasteiger partial charge >= 0.3 is 0 Å². The molecular formula is C16H22N6O3S. The van der Waals surface area contributed by atoms with Gasteiger partial charge in [0.2, 0.25) is 5.91 Å². The quantitative estimate of drug-likeness (QED) is 0.710. The Kier molecular flexibility index (Phi) is 5.62. The van der Waals surface area contributed by atoms with Gasteiger partial charge in [0.05, 0.1) is 30.3 Å². The van der Waals surface area contributed by atoms with Crippen molar-refractivity contribution < 1.29 is 13.2 Å². The van der Waals surface area contributed by atoms with E-state index < -0.39 is 9.84 Å². The molecule has 3 rings (SSSR count). The van der Waals surface area contributed by atoms with Crippen molar-refractivity contribution in [1.82, 2.24) is 30.4 Å². The highest BCUT2D eigenvalue weighted by Gasteiger charge is 2.29. The molecule has 1 aromatic heterocycles. The fourth-order valence-corrected chi connectivity index (χ4v) is 4.61. The van der Waals surface area contributed by atoms with Crippen LogP contribution in [0.3, 0.4) is 0 Å². The molecule has 0 bridgehead atoms. The summed E-state index contributed by atoms with van der Waals surface area (Å²) in [5.41, 5.74) is 0.851. The molecule has 2 heterocycles. The monoisotopic (exact) mass is 378 g/mol. The Morgan fingerprint density at radius 3 is 2.77 bits per heavy atom. The fourth-order valence-electron chi connectivity index (χ4n) is 2.94. The van der Waals surface area contributed by atoms with E-state index in [9.17, 15) is 13.2 Å². The molecule has 1 fully saturated rings. The van der Waals surface area contributed by atoms with Gasteiger partial charge in [-0.2, -0.15) is 4.68 Å². The standard InChI is InChI=1S/C16H22N6O3S/c1-2-21(11-16(23)17-13-8-9-26(24,25)12-13)10-15-18-19-20-22(15)14-6-4-3-5-7-14/h3-7,13H,2,8-12H2,1H3,(H,17,23)/t13-/m0/s1. The van der Waals surface area contributed by atoms with E-state index in [1.165, 1.54) is 0 Å². The van der Waals surface area contributed by atoms with Crippen molar-refractivity contribution in [3.05, 3.63) is 36.2 Å². The first-order valence-corrected chi connectivity index (χ1v) is 10.3. The van der Waals surface area contributed by atoms with Gasteiger partial charge in [-0.3, -0.25) is 9.69 Å². The fraction of sp³-hybridized carbons (Fsp3) is 0.500. The Bertz CT molecular complexity index is 852. The number of aromatic nitrogens is 4. The van der Waals surface area contributed by atoms with E-state index in [0.29, 0.717) is 25.3 Å². The van der Waals surface area contributed by atoms with Crippen LogP contribution in [0.15, 0.2) is 30.3 Å². The second-order valence-electron chi connectivity index (χ2n) is 6.31. The van der Waals surface area contributed by atoms with Gasteiger partial charge in [0.1, 0.15) is 0 Å². The lowest BCUT2D eigenvalue weighted by atomic mass is 10.2. The first-order chi connectivity index (χ1) is 12.5. The van der Waals surface area contributed by atoms with E-state index >= 15 is 0 Å². The Morgan fingerprint density at radius 1 is 1.35 bits per heavy atom. The molecule has 10 heteroatoms. The number of benzene rings is 1. The van der Waals surface area contributed by atoms with Crippen molar-refractivity contribution in [3.8, 4) is 5.69 Å². The maximum absolute atomic E-state index is 12.3. The predicted octanol–water partition coefficient (Wildman–Crippen LogP) is -0.212. The molecule has 1 aromatic carbocycles. The molecule has 0 radical (unpaired) electrons. The zero-order chi connectivity index (χ0) is 18.6. The lowest BCUT2D eigenvalue weighted by molar-refractivity contribution is -0.122. The third kappa shape index (κ3) is 4.64. The average molecular weight is 378 g/mol. The maximum atomic E-state index is 12.3. The van der Waals surface area contributed by atoms with Gasteiger partial charge in [-0.05, 0) is 35.5 Å². The highest BCUT2D eigenvalue weighted by atomic mass is 32.2. The summed E-state index contributed by atoms with van der Waals surface area (Å²) in [6, 6.07) is 9.25. The minimum Gasteiger partial charge on any atom is -0.351 e. The van der Waals surface area contributed by atoms with Gasteiger partial charge < -0.3 is 5.32 Å². The Hall–Kier alpha value is -2.33. The largest absolute Gasteiger partial charge is 0.351 e. The number of sulfone groups is 1. The Labute approximate surface area is 152 Å². The molecule has 1 N–H and O–H groups in total. The van der Waals surface area contributed by atoms with Crippen LogP contribution in [0.5, 0.6) is 0 Å². The number of carbonyl (C=O) groups excluding carboxylic acids is 1. The van der Waals surface area contributed by atoms with Crippen molar-refractivity contribution >= 4 is 15.7 Å². The van der Waals surface area contributed by atoms with Gasteiger partial charge in [-0.25, -0.2) is 8.42 Å². The molecular weight excluding hydrogens is 356 g/mol. The Balaban J connectivity index is 1.60. The molecule has 0 saturated carbocycles. The third-order valence-electron chi connectivity index (χ3n) is 4.31. The first-order valence-electron chi connectivity index (χ1n) is 8.51. The van der Waals surface area contributed by atoms with Gasteiger partial charge in [-0.15, -0.1) is 5.10 Å². The molecule has 1 atom stereocenters. The summed E-state index contributed by atoms with van der Waals surface area (Å²) in [7, 11) is -3.01. The molecule has 1 aliphatic heterocycles. The third-order valence-corrected chi connectivity index (χ3v) is 6.08. The van der Waals surface area contributed by atoms with Gasteiger partial charge in [0, 0.05) is 6.04 Å². The van der Waals surface area contributed by atoms with E-state index in [4.69, 9.17) is 0 Å². The molecule has 140 valence electrons. The molecule has 1 amide bonds. The highest BCUT2D eigenvalue weighted by Crippen LogP contribution is 2.12. The summed E-state index contributed by atoms with van der Waals surface area (Å²) in [6.07, 6.45) is 0.479. The van der Waals surface area contributed by atoms with Crippen molar-refractivity contribution in [1.29, 1.82) is 0 Å². The number of tetrazole rings is 1. The van der Waals surface area contributed by atoms with Crippen LogP contribution in [0, 0.1) is 0 Å². The van der Waals surface area contributed by atoms with Crippen LogP contribution in [0.2, 0.25) is 0 Å². The van der Waals surface area contributed by atoms with E-state index in [2.05, 4.69) is 20.8 Å². The van der Waals surface area contributed by atoms with Crippen LogP contribution >= 0.6 is 0 Å². The average Bonchev–Trinajstić information content (AvgIpc) is 3.21. The van der Waals surface area contributed by atoms with Crippen LogP contribution in [-0.2, 0) is 21.2 Å². The Morgan fingerprint density at radius 2 is 2.12 bits per heavy atom. The lowest BCUT2D eigenvalue weighted by Crippen LogP contribution is -2.42.